The molecule has 6 heteroatoms. The molecule has 0 saturated heterocycles. The van der Waals surface area contributed by atoms with Crippen LogP contribution in [0.3, 0.4) is 0 Å². The topological polar surface area (TPSA) is 80.4 Å². The van der Waals surface area contributed by atoms with E-state index in [2.05, 4.69) is 5.16 Å². The van der Waals surface area contributed by atoms with Gasteiger partial charge < -0.3 is 9.63 Å². The number of benzene rings is 1. The molecular formula is C16H19NO4S. The zero-order chi connectivity index (χ0) is 15.6. The maximum atomic E-state index is 12.2. The first-order chi connectivity index (χ1) is 10.5. The van der Waals surface area contributed by atoms with Gasteiger partial charge in [-0.1, -0.05) is 35.5 Å². The summed E-state index contributed by atoms with van der Waals surface area (Å²) >= 11 is 0. The molecule has 0 amide bonds. The van der Waals surface area contributed by atoms with E-state index in [9.17, 15) is 13.5 Å². The number of hydrogen-bond acceptors (Lipinski definition) is 5. The number of aliphatic hydroxyl groups excluding tert-OH is 1. The van der Waals surface area contributed by atoms with Gasteiger partial charge in [0.25, 0.3) is 0 Å². The quantitative estimate of drug-likeness (QED) is 0.846. The summed E-state index contributed by atoms with van der Waals surface area (Å²) in [6.45, 7) is 0. The van der Waals surface area contributed by atoms with Crippen LogP contribution in [0.4, 0.5) is 0 Å². The Hall–Kier alpha value is -1.66. The Kier molecular flexibility index (Phi) is 4.31. The van der Waals surface area contributed by atoms with Crippen LogP contribution in [0.15, 0.2) is 40.9 Å². The van der Waals surface area contributed by atoms with Crippen LogP contribution >= 0.6 is 0 Å². The zero-order valence-corrected chi connectivity index (χ0v) is 13.0. The second kappa shape index (κ2) is 6.22. The van der Waals surface area contributed by atoms with Crippen molar-refractivity contribution in [2.24, 2.45) is 5.92 Å². The molecule has 0 aliphatic heterocycles. The van der Waals surface area contributed by atoms with Crippen LogP contribution in [0.1, 0.15) is 36.0 Å². The van der Waals surface area contributed by atoms with Crippen LogP contribution in [0.2, 0.25) is 0 Å². The molecule has 1 heterocycles. The van der Waals surface area contributed by atoms with E-state index in [4.69, 9.17) is 4.52 Å². The van der Waals surface area contributed by atoms with E-state index in [-0.39, 0.29) is 11.5 Å². The lowest BCUT2D eigenvalue weighted by Crippen LogP contribution is -2.16. The molecule has 22 heavy (non-hydrogen) atoms. The Bertz CT molecular complexity index is 720. The van der Waals surface area contributed by atoms with Crippen LogP contribution in [0.5, 0.6) is 0 Å². The van der Waals surface area contributed by atoms with Crippen molar-refractivity contribution in [2.75, 3.05) is 5.75 Å². The van der Waals surface area contributed by atoms with Crippen LogP contribution in [-0.2, 0) is 22.0 Å². The third-order valence-corrected chi connectivity index (χ3v) is 5.32. The minimum atomic E-state index is -3.45. The number of aromatic nitrogens is 1. The van der Waals surface area contributed by atoms with Gasteiger partial charge in [-0.3, -0.25) is 0 Å². The molecule has 1 atom stereocenters. The highest BCUT2D eigenvalue weighted by Crippen LogP contribution is 2.32. The largest absolute Gasteiger partial charge is 0.387 e. The summed E-state index contributed by atoms with van der Waals surface area (Å²) < 4.78 is 29.5. The Morgan fingerprint density at radius 2 is 2.00 bits per heavy atom. The highest BCUT2D eigenvalue weighted by atomic mass is 32.2. The van der Waals surface area contributed by atoms with E-state index < -0.39 is 15.9 Å². The van der Waals surface area contributed by atoms with Crippen LogP contribution in [0, 0.1) is 5.92 Å². The first-order valence-electron chi connectivity index (χ1n) is 7.40. The number of rotatable bonds is 7. The minimum absolute atomic E-state index is 0.203. The molecule has 0 radical (unpaired) electrons. The standard InChI is InChI=1S/C16H19NO4S/c18-16(13-4-2-1-3-5-13)11-22(19,20)10-14-9-15(21-17-14)8-12-6-7-12/h1-5,9,12,16,18H,6-8,10-11H2. The molecule has 1 aliphatic carbocycles. The molecule has 3 rings (SSSR count). The first-order valence-corrected chi connectivity index (χ1v) is 9.22. The molecule has 0 spiro atoms. The summed E-state index contributed by atoms with van der Waals surface area (Å²) in [5.41, 5.74) is 1.01. The molecule has 1 N–H and O–H groups in total. The van der Waals surface area contributed by atoms with Crippen molar-refractivity contribution in [3.8, 4) is 0 Å². The summed E-state index contributed by atoms with van der Waals surface area (Å²) in [7, 11) is -3.45. The van der Waals surface area contributed by atoms with Crippen molar-refractivity contribution in [1.82, 2.24) is 5.16 Å². The van der Waals surface area contributed by atoms with E-state index in [1.54, 1.807) is 30.3 Å². The molecule has 1 saturated carbocycles. The van der Waals surface area contributed by atoms with Gasteiger partial charge >= 0.3 is 0 Å². The number of aliphatic hydroxyl groups is 1. The molecule has 1 unspecified atom stereocenters. The second-order valence-electron chi connectivity index (χ2n) is 5.91. The normalized spacial score (nSPS) is 16.6. The Labute approximate surface area is 129 Å². The molecule has 1 fully saturated rings. The molecule has 1 aliphatic rings. The van der Waals surface area contributed by atoms with Crippen molar-refractivity contribution in [3.05, 3.63) is 53.4 Å². The predicted molar refractivity (Wildman–Crippen MR) is 81.8 cm³/mol. The minimum Gasteiger partial charge on any atom is -0.387 e. The Morgan fingerprint density at radius 3 is 2.68 bits per heavy atom. The van der Waals surface area contributed by atoms with Crippen molar-refractivity contribution >= 4 is 9.84 Å². The van der Waals surface area contributed by atoms with E-state index in [0.717, 1.165) is 12.2 Å². The van der Waals surface area contributed by atoms with Crippen LogP contribution in [0.25, 0.3) is 0 Å². The fourth-order valence-corrected chi connectivity index (χ4v) is 3.80. The van der Waals surface area contributed by atoms with Gasteiger partial charge in [-0.25, -0.2) is 8.42 Å². The third-order valence-electron chi connectivity index (χ3n) is 3.76. The van der Waals surface area contributed by atoms with E-state index in [1.807, 2.05) is 6.07 Å². The number of sulfone groups is 1. The molecular weight excluding hydrogens is 302 g/mol. The first kappa shape index (κ1) is 15.2. The maximum absolute atomic E-state index is 12.2. The Balaban J connectivity index is 1.61. The van der Waals surface area contributed by atoms with Gasteiger partial charge in [0.1, 0.15) is 5.76 Å². The van der Waals surface area contributed by atoms with E-state index >= 15 is 0 Å². The SMILES string of the molecule is O=S(=O)(Cc1cc(CC2CC2)on1)CC(O)c1ccccc1. The van der Waals surface area contributed by atoms with Crippen molar-refractivity contribution in [3.63, 3.8) is 0 Å². The molecule has 1 aromatic heterocycles. The number of nitrogens with zero attached hydrogens (tertiary/aromatic N) is 1. The monoisotopic (exact) mass is 321 g/mol. The Morgan fingerprint density at radius 1 is 1.27 bits per heavy atom. The fourth-order valence-electron chi connectivity index (χ4n) is 2.42. The summed E-state index contributed by atoms with van der Waals surface area (Å²) in [4.78, 5) is 0. The van der Waals surface area contributed by atoms with Gasteiger partial charge in [0.05, 0.1) is 23.3 Å². The second-order valence-corrected chi connectivity index (χ2v) is 8.02. The fraction of sp³-hybridized carbons (Fsp3) is 0.438. The van der Waals surface area contributed by atoms with Crippen LogP contribution in [-0.4, -0.2) is 24.4 Å². The molecule has 0 bridgehead atoms. The van der Waals surface area contributed by atoms with Gasteiger partial charge in [0.2, 0.25) is 0 Å². The number of hydrogen-bond donors (Lipinski definition) is 1. The highest BCUT2D eigenvalue weighted by Gasteiger charge is 2.25. The lowest BCUT2D eigenvalue weighted by molar-refractivity contribution is 0.201. The van der Waals surface area contributed by atoms with Crippen molar-refractivity contribution in [2.45, 2.75) is 31.1 Å². The van der Waals surface area contributed by atoms with Gasteiger partial charge in [0, 0.05) is 12.5 Å². The highest BCUT2D eigenvalue weighted by molar-refractivity contribution is 7.90. The van der Waals surface area contributed by atoms with E-state index in [1.165, 1.54) is 12.8 Å². The average molecular weight is 321 g/mol. The molecule has 118 valence electrons. The summed E-state index contributed by atoms with van der Waals surface area (Å²) in [6.07, 6.45) is 2.22. The van der Waals surface area contributed by atoms with Gasteiger partial charge in [0.15, 0.2) is 9.84 Å². The van der Waals surface area contributed by atoms with Gasteiger partial charge in [-0.05, 0) is 24.3 Å². The van der Waals surface area contributed by atoms with Crippen LogP contribution < -0.4 is 0 Å². The molecule has 2 aromatic rings. The third kappa shape index (κ3) is 4.18. The predicted octanol–water partition coefficient (Wildman–Crippen LogP) is 2.28. The van der Waals surface area contributed by atoms with E-state index in [0.29, 0.717) is 17.2 Å². The molecule has 1 aromatic carbocycles. The molecule has 5 nitrogen and oxygen atoms in total. The zero-order valence-electron chi connectivity index (χ0n) is 12.2. The van der Waals surface area contributed by atoms with Gasteiger partial charge in [-0.15, -0.1) is 0 Å². The van der Waals surface area contributed by atoms with Gasteiger partial charge in [-0.2, -0.15) is 0 Å². The van der Waals surface area contributed by atoms with Crippen molar-refractivity contribution in [1.29, 1.82) is 0 Å². The maximum Gasteiger partial charge on any atom is 0.159 e. The summed E-state index contributed by atoms with van der Waals surface area (Å²) in [6, 6.07) is 10.5. The van der Waals surface area contributed by atoms with Crippen molar-refractivity contribution < 1.29 is 18.0 Å². The lowest BCUT2D eigenvalue weighted by atomic mass is 10.1. The lowest BCUT2D eigenvalue weighted by Gasteiger charge is -2.10. The average Bonchev–Trinajstić information content (AvgIpc) is 3.18. The summed E-state index contributed by atoms with van der Waals surface area (Å²) in [5.74, 6) is 0.890. The summed E-state index contributed by atoms with van der Waals surface area (Å²) in [5, 5.41) is 13.9. The smallest absolute Gasteiger partial charge is 0.159 e.